The fourth-order valence-electron chi connectivity index (χ4n) is 5.81. The fraction of sp³-hybridized carbons (Fsp3) is 0.462. The Morgan fingerprint density at radius 1 is 1.13 bits per heavy atom. The number of amides is 1. The molecule has 2 aromatic rings. The van der Waals surface area contributed by atoms with E-state index in [-0.39, 0.29) is 54.3 Å². The molecule has 6 rings (SSSR count). The summed E-state index contributed by atoms with van der Waals surface area (Å²) in [5.41, 5.74) is 2.56. The number of fused-ring (bicyclic) bond motifs is 1. The molecule has 206 valence electrons. The Labute approximate surface area is 225 Å². The Hall–Kier alpha value is -3.42. The molecule has 0 bridgehead atoms. The lowest BCUT2D eigenvalue weighted by Crippen LogP contribution is -2.59. The van der Waals surface area contributed by atoms with Crippen LogP contribution in [0.3, 0.4) is 0 Å². The highest BCUT2D eigenvalue weighted by Gasteiger charge is 2.45. The number of hydrogen-bond acceptors (Lipinski definition) is 8. The van der Waals surface area contributed by atoms with Gasteiger partial charge in [0.15, 0.2) is 0 Å². The lowest BCUT2D eigenvalue weighted by atomic mass is 9.79. The lowest BCUT2D eigenvalue weighted by Gasteiger charge is -2.45. The molecular weight excluding hydrogens is 525 g/mol. The van der Waals surface area contributed by atoms with Gasteiger partial charge in [0, 0.05) is 44.7 Å². The van der Waals surface area contributed by atoms with Crippen molar-refractivity contribution in [3.05, 3.63) is 59.6 Å². The molecule has 39 heavy (non-hydrogen) atoms. The number of piperazine rings is 1. The molecule has 1 aromatic carbocycles. The average molecular weight is 556 g/mol. The molecule has 2 aliphatic carbocycles. The maximum Gasteiger partial charge on any atom is 0.264 e. The Kier molecular flexibility index (Phi) is 6.39. The summed E-state index contributed by atoms with van der Waals surface area (Å²) in [6.07, 6.45) is 7.55. The zero-order valence-corrected chi connectivity index (χ0v) is 22.4. The molecule has 4 aliphatic rings. The maximum absolute atomic E-state index is 13.5. The fourth-order valence-corrected chi connectivity index (χ4v) is 7.13. The van der Waals surface area contributed by atoms with Gasteiger partial charge in [-0.2, -0.15) is 19.3 Å². The van der Waals surface area contributed by atoms with E-state index in [0.717, 1.165) is 16.8 Å². The second kappa shape index (κ2) is 9.65. The molecule has 3 atom stereocenters. The topological polar surface area (TPSA) is 124 Å². The van der Waals surface area contributed by atoms with Crippen molar-refractivity contribution >= 4 is 27.8 Å². The number of rotatable bonds is 5. The first kappa shape index (κ1) is 25.8. The predicted octanol–water partition coefficient (Wildman–Crippen LogP) is 1.30. The Morgan fingerprint density at radius 3 is 2.54 bits per heavy atom. The summed E-state index contributed by atoms with van der Waals surface area (Å²) in [7, 11) is -2.36. The largest absolute Gasteiger partial charge is 0.393 e. The smallest absolute Gasteiger partial charge is 0.264 e. The highest BCUT2D eigenvalue weighted by atomic mass is 32.2. The first-order chi connectivity index (χ1) is 18.6. The number of aryl methyl sites for hydroxylation is 1. The van der Waals surface area contributed by atoms with Crippen molar-refractivity contribution in [2.45, 2.75) is 43.0 Å². The number of benzene rings is 1. The van der Waals surface area contributed by atoms with Crippen LogP contribution in [0.5, 0.6) is 0 Å². The summed E-state index contributed by atoms with van der Waals surface area (Å²) in [4.78, 5) is 16.5. The average Bonchev–Trinajstić information content (AvgIpc) is 3.52. The number of sulfonamides is 1. The third-order valence-electron chi connectivity index (χ3n) is 8.01. The van der Waals surface area contributed by atoms with E-state index in [9.17, 15) is 22.7 Å². The molecule has 1 aromatic heterocycles. The Bertz CT molecular complexity index is 1480. The summed E-state index contributed by atoms with van der Waals surface area (Å²) >= 11 is 0. The molecule has 0 radical (unpaired) electrons. The van der Waals surface area contributed by atoms with Crippen LogP contribution in [-0.2, 0) is 21.9 Å². The van der Waals surface area contributed by atoms with E-state index in [0.29, 0.717) is 12.8 Å². The monoisotopic (exact) mass is 555 g/mol. The number of anilines is 1. The molecule has 1 amide bonds. The molecule has 1 saturated heterocycles. The highest BCUT2D eigenvalue weighted by Crippen LogP contribution is 2.38. The standard InChI is InChI=1S/C26H30FN7O4S/c1-16-9-23-18(13-29-34(23)20-5-3-19(27)4-6-20)12-22(16)24-15-32(39(37,38)25-14-28-31(2)30-25)7-8-33(24)26(36)17-10-21(35)11-17/h3-6,9,12-14,17-18,21,23-24,35H,7-8,10-11,15H2,1-2H3/t17?,18?,21?,23?,24-/m1/s1. The molecule has 2 fully saturated rings. The number of halogens is 1. The highest BCUT2D eigenvalue weighted by molar-refractivity contribution is 7.89. The van der Waals surface area contributed by atoms with Crippen LogP contribution in [0.25, 0.3) is 0 Å². The predicted molar refractivity (Wildman–Crippen MR) is 140 cm³/mol. The van der Waals surface area contributed by atoms with E-state index < -0.39 is 22.2 Å². The van der Waals surface area contributed by atoms with Crippen LogP contribution in [0, 0.1) is 17.7 Å². The van der Waals surface area contributed by atoms with Crippen LogP contribution in [0.1, 0.15) is 19.8 Å². The van der Waals surface area contributed by atoms with Gasteiger partial charge in [0.2, 0.25) is 10.9 Å². The van der Waals surface area contributed by atoms with Crippen molar-refractivity contribution in [2.75, 3.05) is 24.6 Å². The molecule has 3 heterocycles. The summed E-state index contributed by atoms with van der Waals surface area (Å²) in [5, 5.41) is 24.0. The van der Waals surface area contributed by atoms with E-state index in [2.05, 4.69) is 27.5 Å². The third-order valence-corrected chi connectivity index (χ3v) is 9.74. The van der Waals surface area contributed by atoms with E-state index in [1.165, 1.54) is 27.4 Å². The first-order valence-corrected chi connectivity index (χ1v) is 14.4. The Balaban J connectivity index is 1.31. The van der Waals surface area contributed by atoms with Gasteiger partial charge in [-0.1, -0.05) is 12.2 Å². The summed E-state index contributed by atoms with van der Waals surface area (Å²) in [5.74, 6) is -0.763. The minimum absolute atomic E-state index is 0.0642. The molecule has 2 unspecified atom stereocenters. The van der Waals surface area contributed by atoms with E-state index in [4.69, 9.17) is 0 Å². The van der Waals surface area contributed by atoms with Crippen molar-refractivity contribution in [3.8, 4) is 0 Å². The summed E-state index contributed by atoms with van der Waals surface area (Å²) < 4.78 is 41.7. The molecule has 1 saturated carbocycles. The van der Waals surface area contributed by atoms with Gasteiger partial charge in [-0.25, -0.2) is 12.8 Å². The molecule has 2 aliphatic heterocycles. The van der Waals surface area contributed by atoms with Gasteiger partial charge >= 0.3 is 0 Å². The van der Waals surface area contributed by atoms with Gasteiger partial charge in [0.1, 0.15) is 5.82 Å². The second-order valence-electron chi connectivity index (χ2n) is 10.5. The van der Waals surface area contributed by atoms with E-state index in [1.54, 1.807) is 24.1 Å². The van der Waals surface area contributed by atoms with Crippen molar-refractivity contribution in [3.63, 3.8) is 0 Å². The zero-order valence-electron chi connectivity index (χ0n) is 21.6. The van der Waals surface area contributed by atoms with Crippen LogP contribution in [0.2, 0.25) is 0 Å². The summed E-state index contributed by atoms with van der Waals surface area (Å²) in [6, 6.07) is 5.53. The number of hydrogen-bond donors (Lipinski definition) is 1. The third kappa shape index (κ3) is 4.57. The van der Waals surface area contributed by atoms with Gasteiger partial charge in [-0.15, -0.1) is 5.10 Å². The van der Waals surface area contributed by atoms with Crippen LogP contribution in [-0.4, -0.2) is 87.7 Å². The molecule has 1 N–H and O–H groups in total. The van der Waals surface area contributed by atoms with Gasteiger partial charge < -0.3 is 10.0 Å². The van der Waals surface area contributed by atoms with Crippen molar-refractivity contribution in [1.82, 2.24) is 24.2 Å². The van der Waals surface area contributed by atoms with Gasteiger partial charge in [0.25, 0.3) is 10.0 Å². The summed E-state index contributed by atoms with van der Waals surface area (Å²) in [6.45, 7) is 2.39. The normalized spacial score (nSPS) is 29.1. The number of nitrogens with zero attached hydrogens (tertiary/aromatic N) is 7. The number of carbonyl (C=O) groups excluding carboxylic acids is 1. The van der Waals surface area contributed by atoms with Gasteiger partial charge in [0.05, 0.1) is 30.1 Å². The van der Waals surface area contributed by atoms with Crippen LogP contribution < -0.4 is 5.01 Å². The molecule has 0 spiro atoms. The number of hydrazone groups is 1. The second-order valence-corrected chi connectivity index (χ2v) is 12.4. The number of aromatic nitrogens is 3. The number of aliphatic hydroxyl groups is 1. The van der Waals surface area contributed by atoms with E-state index >= 15 is 0 Å². The van der Waals surface area contributed by atoms with Gasteiger partial charge in [-0.3, -0.25) is 9.80 Å². The van der Waals surface area contributed by atoms with Crippen molar-refractivity contribution in [1.29, 1.82) is 0 Å². The quantitative estimate of drug-likeness (QED) is 0.590. The van der Waals surface area contributed by atoms with Crippen molar-refractivity contribution < 1.29 is 22.7 Å². The molecule has 11 nitrogen and oxygen atoms in total. The van der Waals surface area contributed by atoms with Crippen LogP contribution in [0.4, 0.5) is 10.1 Å². The minimum atomic E-state index is -3.92. The minimum Gasteiger partial charge on any atom is -0.393 e. The van der Waals surface area contributed by atoms with Crippen LogP contribution >= 0.6 is 0 Å². The van der Waals surface area contributed by atoms with Crippen molar-refractivity contribution in [2.24, 2.45) is 24.0 Å². The SMILES string of the molecule is CC1=CC2C(C=NN2c2ccc(F)cc2)C=C1[C@H]1CN(S(=O)(=O)c2cnn(C)n2)CCN1C(=O)C1CC(O)C1. The van der Waals surface area contributed by atoms with Crippen LogP contribution in [0.15, 0.2) is 63.9 Å². The first-order valence-electron chi connectivity index (χ1n) is 13.0. The van der Waals surface area contributed by atoms with E-state index in [1.807, 2.05) is 18.1 Å². The number of carbonyl (C=O) groups is 1. The van der Waals surface area contributed by atoms with Gasteiger partial charge in [-0.05, 0) is 55.2 Å². The molecular formula is C26H30FN7O4S. The Morgan fingerprint density at radius 2 is 1.87 bits per heavy atom. The zero-order chi connectivity index (χ0) is 27.5. The lowest BCUT2D eigenvalue weighted by molar-refractivity contribution is -0.145. The molecule has 13 heteroatoms. The number of aliphatic hydroxyl groups excluding tert-OH is 1. The maximum atomic E-state index is 13.5.